The Labute approximate surface area is 174 Å². The Morgan fingerprint density at radius 1 is 0.966 bits per heavy atom. The second-order valence-electron chi connectivity index (χ2n) is 6.79. The molecule has 0 spiro atoms. The summed E-state index contributed by atoms with van der Waals surface area (Å²) in [5, 5.41) is 0.865. The molecule has 2 aromatic carbocycles. The van der Waals surface area contributed by atoms with Crippen LogP contribution in [0.2, 0.25) is 0 Å². The van der Waals surface area contributed by atoms with Crippen molar-refractivity contribution in [2.45, 2.75) is 24.9 Å². The summed E-state index contributed by atoms with van der Waals surface area (Å²) in [5.74, 6) is 1.30. The standard InChI is InChI=1S/C23H22N4OS/c1-16-15-24-22(25-16)19(28)13-8-14-29-23-26-20(17-9-4-2-5-10-17)21(27-23)18-11-6-3-7-12-18/h2-7,9-12,15H,8,13-14H2,1H3,(H,24,25)(H,26,27). The van der Waals surface area contributed by atoms with Gasteiger partial charge in [-0.15, -0.1) is 0 Å². The predicted octanol–water partition coefficient (Wildman–Crippen LogP) is 5.53. The third-order valence-electron chi connectivity index (χ3n) is 4.55. The van der Waals surface area contributed by atoms with Gasteiger partial charge in [-0.05, 0) is 13.3 Å². The van der Waals surface area contributed by atoms with Gasteiger partial charge >= 0.3 is 0 Å². The van der Waals surface area contributed by atoms with Crippen LogP contribution in [0.15, 0.2) is 72.0 Å². The molecule has 4 rings (SSSR count). The molecule has 0 aliphatic rings. The molecule has 0 saturated heterocycles. The molecule has 0 bridgehead atoms. The van der Waals surface area contributed by atoms with E-state index in [9.17, 15) is 4.79 Å². The number of ketones is 1. The molecule has 0 atom stereocenters. The summed E-state index contributed by atoms with van der Waals surface area (Å²) in [6.07, 6.45) is 2.92. The van der Waals surface area contributed by atoms with Crippen molar-refractivity contribution in [3.8, 4) is 22.5 Å². The van der Waals surface area contributed by atoms with Crippen molar-refractivity contribution < 1.29 is 4.79 Å². The molecule has 2 heterocycles. The summed E-state index contributed by atoms with van der Waals surface area (Å²) >= 11 is 1.64. The number of nitrogens with zero attached hydrogens (tertiary/aromatic N) is 2. The lowest BCUT2D eigenvalue weighted by atomic mass is 10.1. The molecule has 2 N–H and O–H groups in total. The molecule has 5 nitrogen and oxygen atoms in total. The Morgan fingerprint density at radius 3 is 2.31 bits per heavy atom. The zero-order valence-corrected chi connectivity index (χ0v) is 17.0. The molecule has 4 aromatic rings. The molecule has 0 radical (unpaired) electrons. The van der Waals surface area contributed by atoms with Gasteiger partial charge in [0.2, 0.25) is 0 Å². The molecular formula is C23H22N4OS. The van der Waals surface area contributed by atoms with Crippen LogP contribution < -0.4 is 0 Å². The summed E-state index contributed by atoms with van der Waals surface area (Å²) in [6.45, 7) is 1.89. The lowest BCUT2D eigenvalue weighted by Crippen LogP contribution is -2.02. The summed E-state index contributed by atoms with van der Waals surface area (Å²) < 4.78 is 0. The Balaban J connectivity index is 1.45. The third-order valence-corrected chi connectivity index (χ3v) is 5.51. The number of benzene rings is 2. The van der Waals surface area contributed by atoms with Crippen molar-refractivity contribution in [2.24, 2.45) is 0 Å². The van der Waals surface area contributed by atoms with Crippen molar-refractivity contribution in [3.63, 3.8) is 0 Å². The summed E-state index contributed by atoms with van der Waals surface area (Å²) in [4.78, 5) is 27.6. The van der Waals surface area contributed by atoms with Crippen LogP contribution in [0, 0.1) is 6.92 Å². The fraction of sp³-hybridized carbons (Fsp3) is 0.174. The largest absolute Gasteiger partial charge is 0.340 e. The molecule has 2 aromatic heterocycles. The van der Waals surface area contributed by atoms with E-state index in [4.69, 9.17) is 4.98 Å². The predicted molar refractivity (Wildman–Crippen MR) is 117 cm³/mol. The number of Topliss-reactive ketones (excluding diaryl/α,β-unsaturated/α-hetero) is 1. The second kappa shape index (κ2) is 8.92. The van der Waals surface area contributed by atoms with E-state index in [1.54, 1.807) is 18.0 Å². The number of imidazole rings is 2. The number of nitrogens with one attached hydrogen (secondary N) is 2. The number of rotatable bonds is 8. The first kappa shape index (κ1) is 19.2. The fourth-order valence-corrected chi connectivity index (χ4v) is 3.92. The van der Waals surface area contributed by atoms with Gasteiger partial charge in [-0.25, -0.2) is 9.97 Å². The number of thioether (sulfide) groups is 1. The topological polar surface area (TPSA) is 74.4 Å². The molecule has 0 aliphatic heterocycles. The molecule has 0 aliphatic carbocycles. The van der Waals surface area contributed by atoms with Gasteiger partial charge in [-0.3, -0.25) is 4.79 Å². The lowest BCUT2D eigenvalue weighted by molar-refractivity contribution is 0.0973. The Kier molecular flexibility index (Phi) is 5.91. The lowest BCUT2D eigenvalue weighted by Gasteiger charge is -2.02. The van der Waals surface area contributed by atoms with Crippen molar-refractivity contribution in [1.29, 1.82) is 0 Å². The average Bonchev–Trinajstić information content (AvgIpc) is 3.39. The van der Waals surface area contributed by atoms with Crippen LogP contribution in [0.25, 0.3) is 22.5 Å². The normalized spacial score (nSPS) is 10.9. The van der Waals surface area contributed by atoms with E-state index in [1.165, 1.54) is 0 Å². The van der Waals surface area contributed by atoms with Crippen molar-refractivity contribution in [3.05, 3.63) is 78.4 Å². The van der Waals surface area contributed by atoms with Gasteiger partial charge < -0.3 is 9.97 Å². The number of carbonyl (C=O) groups excluding carboxylic acids is 1. The molecule has 29 heavy (non-hydrogen) atoms. The van der Waals surface area contributed by atoms with E-state index in [0.717, 1.165) is 45.5 Å². The number of hydrogen-bond acceptors (Lipinski definition) is 4. The summed E-state index contributed by atoms with van der Waals surface area (Å²) in [5.41, 5.74) is 5.05. The highest BCUT2D eigenvalue weighted by molar-refractivity contribution is 7.99. The molecular weight excluding hydrogens is 380 g/mol. The van der Waals surface area contributed by atoms with E-state index in [2.05, 4.69) is 39.2 Å². The molecule has 0 fully saturated rings. The number of H-pyrrole nitrogens is 2. The van der Waals surface area contributed by atoms with Crippen molar-refractivity contribution in [1.82, 2.24) is 19.9 Å². The van der Waals surface area contributed by atoms with Gasteiger partial charge in [0.15, 0.2) is 16.8 Å². The van der Waals surface area contributed by atoms with Gasteiger partial charge in [0.05, 0.1) is 11.4 Å². The first-order valence-electron chi connectivity index (χ1n) is 9.59. The van der Waals surface area contributed by atoms with Gasteiger partial charge in [-0.2, -0.15) is 0 Å². The molecule has 146 valence electrons. The second-order valence-corrected chi connectivity index (χ2v) is 7.87. The van der Waals surface area contributed by atoms with E-state index in [1.807, 2.05) is 43.3 Å². The first-order chi connectivity index (χ1) is 14.2. The van der Waals surface area contributed by atoms with Crippen molar-refractivity contribution >= 4 is 17.5 Å². The minimum Gasteiger partial charge on any atom is -0.340 e. The fourth-order valence-electron chi connectivity index (χ4n) is 3.11. The molecule has 0 unspecified atom stereocenters. The van der Waals surface area contributed by atoms with Gasteiger partial charge in [0, 0.05) is 35.2 Å². The van der Waals surface area contributed by atoms with E-state index < -0.39 is 0 Å². The van der Waals surface area contributed by atoms with E-state index in [-0.39, 0.29) is 5.78 Å². The quantitative estimate of drug-likeness (QED) is 0.231. The van der Waals surface area contributed by atoms with Gasteiger partial charge in [0.25, 0.3) is 0 Å². The number of aromatic nitrogens is 4. The highest BCUT2D eigenvalue weighted by Gasteiger charge is 2.15. The summed E-state index contributed by atoms with van der Waals surface area (Å²) in [7, 11) is 0. The van der Waals surface area contributed by atoms with E-state index in [0.29, 0.717) is 12.2 Å². The van der Waals surface area contributed by atoms with Crippen LogP contribution >= 0.6 is 11.8 Å². The smallest absolute Gasteiger partial charge is 0.198 e. The zero-order valence-electron chi connectivity index (χ0n) is 16.2. The molecule has 0 amide bonds. The SMILES string of the molecule is Cc1cnc(C(=O)CCCSc2nc(-c3ccccc3)c(-c3ccccc3)[nH]2)[nH]1. The van der Waals surface area contributed by atoms with Crippen LogP contribution in [0.3, 0.4) is 0 Å². The minimum absolute atomic E-state index is 0.0492. The highest BCUT2D eigenvalue weighted by Crippen LogP contribution is 2.32. The maximum absolute atomic E-state index is 12.2. The maximum atomic E-state index is 12.2. The monoisotopic (exact) mass is 402 g/mol. The Bertz CT molecular complexity index is 1030. The number of hydrogen-bond donors (Lipinski definition) is 2. The number of carbonyl (C=O) groups is 1. The minimum atomic E-state index is 0.0492. The average molecular weight is 403 g/mol. The number of aromatic amines is 2. The van der Waals surface area contributed by atoms with Crippen LogP contribution in [-0.4, -0.2) is 31.5 Å². The van der Waals surface area contributed by atoms with Gasteiger partial charge in [0.1, 0.15) is 0 Å². The highest BCUT2D eigenvalue weighted by atomic mass is 32.2. The Morgan fingerprint density at radius 2 is 1.66 bits per heavy atom. The molecule has 0 saturated carbocycles. The van der Waals surface area contributed by atoms with Crippen LogP contribution in [0.5, 0.6) is 0 Å². The number of aryl methyl sites for hydroxylation is 1. The Hall–Kier alpha value is -3.12. The molecule has 6 heteroatoms. The maximum Gasteiger partial charge on any atom is 0.198 e. The van der Waals surface area contributed by atoms with Crippen LogP contribution in [0.1, 0.15) is 29.2 Å². The first-order valence-corrected chi connectivity index (χ1v) is 10.6. The third kappa shape index (κ3) is 4.66. The van der Waals surface area contributed by atoms with Crippen LogP contribution in [0.4, 0.5) is 0 Å². The van der Waals surface area contributed by atoms with Gasteiger partial charge in [-0.1, -0.05) is 72.4 Å². The van der Waals surface area contributed by atoms with Crippen LogP contribution in [-0.2, 0) is 0 Å². The zero-order chi connectivity index (χ0) is 20.1. The van der Waals surface area contributed by atoms with Crippen molar-refractivity contribution in [2.75, 3.05) is 5.75 Å². The summed E-state index contributed by atoms with van der Waals surface area (Å²) in [6, 6.07) is 20.4. The van der Waals surface area contributed by atoms with E-state index >= 15 is 0 Å².